The van der Waals surface area contributed by atoms with Crippen LogP contribution in [0, 0.1) is 17.6 Å². The van der Waals surface area contributed by atoms with Crippen LogP contribution in [0.4, 0.5) is 20.2 Å². The van der Waals surface area contributed by atoms with E-state index in [1.807, 2.05) is 43.3 Å². The number of hydrogen-bond donors (Lipinski definition) is 0. The topological polar surface area (TPSA) is 40.6 Å². The molecular formula is C32H34F2N2O2. The van der Waals surface area contributed by atoms with E-state index in [1.165, 1.54) is 48.2 Å². The maximum atomic E-state index is 15.6. The van der Waals surface area contributed by atoms with Crippen molar-refractivity contribution in [3.63, 3.8) is 0 Å². The average Bonchev–Trinajstić information content (AvgIpc) is 2.92. The SMILES string of the molecule is [2H]C(c1ccc(-c2ccc(N(C)C)cc2)cc1F)N(C(=O)C1CCCCC1)c1cc(F)cc(/C=C/C(C)=O)c1. The normalized spacial score (nSPS) is 15.2. The molecule has 38 heavy (non-hydrogen) atoms. The van der Waals surface area contributed by atoms with Crippen molar-refractivity contribution in [2.75, 3.05) is 23.9 Å². The molecule has 0 aliphatic heterocycles. The zero-order chi connectivity index (χ0) is 28.1. The van der Waals surface area contributed by atoms with E-state index in [-0.39, 0.29) is 28.9 Å². The van der Waals surface area contributed by atoms with Crippen molar-refractivity contribution in [2.45, 2.75) is 45.5 Å². The highest BCUT2D eigenvalue weighted by molar-refractivity contribution is 5.96. The van der Waals surface area contributed by atoms with Crippen molar-refractivity contribution in [1.29, 1.82) is 0 Å². The second-order valence-electron chi connectivity index (χ2n) is 10.0. The summed E-state index contributed by atoms with van der Waals surface area (Å²) in [5.74, 6) is -2.05. The number of carbonyl (C=O) groups excluding carboxylic acids is 2. The number of ketones is 1. The van der Waals surface area contributed by atoms with Gasteiger partial charge >= 0.3 is 0 Å². The van der Waals surface area contributed by atoms with E-state index in [0.29, 0.717) is 24.0 Å². The van der Waals surface area contributed by atoms with Crippen LogP contribution in [0.25, 0.3) is 17.2 Å². The van der Waals surface area contributed by atoms with Gasteiger partial charge in [-0.25, -0.2) is 8.78 Å². The molecule has 0 bridgehead atoms. The first-order valence-electron chi connectivity index (χ1n) is 13.5. The van der Waals surface area contributed by atoms with E-state index in [9.17, 15) is 14.0 Å². The second kappa shape index (κ2) is 12.2. The van der Waals surface area contributed by atoms with Crippen LogP contribution < -0.4 is 9.80 Å². The number of nitrogens with zero attached hydrogens (tertiary/aromatic N) is 2. The molecule has 3 aromatic carbocycles. The smallest absolute Gasteiger partial charge is 0.230 e. The molecule has 1 aliphatic carbocycles. The van der Waals surface area contributed by atoms with Gasteiger partial charge in [0.1, 0.15) is 11.6 Å². The minimum absolute atomic E-state index is 0.0258. The maximum absolute atomic E-state index is 15.6. The zero-order valence-corrected chi connectivity index (χ0v) is 22.1. The molecule has 1 unspecified atom stereocenters. The molecule has 0 spiro atoms. The number of carbonyl (C=O) groups is 2. The third kappa shape index (κ3) is 6.74. The summed E-state index contributed by atoms with van der Waals surface area (Å²) in [5, 5.41) is 0. The Labute approximate surface area is 225 Å². The van der Waals surface area contributed by atoms with Gasteiger partial charge in [0.2, 0.25) is 5.91 Å². The quantitative estimate of drug-likeness (QED) is 0.292. The molecule has 0 heterocycles. The fourth-order valence-corrected chi connectivity index (χ4v) is 4.76. The molecule has 1 saturated carbocycles. The minimum atomic E-state index is -1.42. The highest BCUT2D eigenvalue weighted by Crippen LogP contribution is 2.31. The van der Waals surface area contributed by atoms with E-state index in [0.717, 1.165) is 30.5 Å². The van der Waals surface area contributed by atoms with E-state index >= 15 is 4.39 Å². The summed E-state index contributed by atoms with van der Waals surface area (Å²) >= 11 is 0. The first kappa shape index (κ1) is 25.8. The molecule has 0 N–H and O–H groups in total. The van der Waals surface area contributed by atoms with Crippen LogP contribution in [-0.2, 0) is 16.1 Å². The molecular weight excluding hydrogens is 482 g/mol. The third-order valence-electron chi connectivity index (χ3n) is 6.87. The molecule has 1 amide bonds. The summed E-state index contributed by atoms with van der Waals surface area (Å²) < 4.78 is 39.3. The molecule has 198 valence electrons. The molecule has 0 aromatic heterocycles. The predicted molar refractivity (Wildman–Crippen MR) is 150 cm³/mol. The molecule has 4 nitrogen and oxygen atoms in total. The molecule has 1 atom stereocenters. The highest BCUT2D eigenvalue weighted by Gasteiger charge is 2.28. The van der Waals surface area contributed by atoms with Gasteiger partial charge in [0, 0.05) is 37.0 Å². The Bertz CT molecular complexity index is 1370. The molecule has 4 rings (SSSR count). The molecule has 6 heteroatoms. The average molecular weight is 518 g/mol. The van der Waals surface area contributed by atoms with Crippen LogP contribution in [0.15, 0.2) is 66.7 Å². The number of allylic oxidation sites excluding steroid dienone is 1. The summed E-state index contributed by atoms with van der Waals surface area (Å²) in [6.45, 7) is -0.0329. The Morgan fingerprint density at radius 1 is 0.921 bits per heavy atom. The van der Waals surface area contributed by atoms with Gasteiger partial charge in [-0.15, -0.1) is 0 Å². The number of benzene rings is 3. The van der Waals surface area contributed by atoms with Crippen molar-refractivity contribution in [2.24, 2.45) is 5.92 Å². The Balaban J connectivity index is 1.72. The summed E-state index contributed by atoms with van der Waals surface area (Å²) in [4.78, 5) is 28.4. The lowest BCUT2D eigenvalue weighted by Crippen LogP contribution is -2.37. The molecule has 0 saturated heterocycles. The number of halogens is 2. The van der Waals surface area contributed by atoms with Crippen LogP contribution in [0.5, 0.6) is 0 Å². The molecule has 3 aromatic rings. The van der Waals surface area contributed by atoms with Crippen LogP contribution in [-0.4, -0.2) is 25.8 Å². The maximum Gasteiger partial charge on any atom is 0.230 e. The Kier molecular flexibility index (Phi) is 8.27. The van der Waals surface area contributed by atoms with Gasteiger partial charge in [0.05, 0.1) is 7.89 Å². The van der Waals surface area contributed by atoms with E-state index in [2.05, 4.69) is 0 Å². The van der Waals surface area contributed by atoms with Crippen LogP contribution in [0.2, 0.25) is 0 Å². The van der Waals surface area contributed by atoms with Crippen molar-refractivity contribution in [1.82, 2.24) is 0 Å². The lowest BCUT2D eigenvalue weighted by atomic mass is 9.88. The van der Waals surface area contributed by atoms with Crippen molar-refractivity contribution < 1.29 is 19.7 Å². The first-order valence-corrected chi connectivity index (χ1v) is 13.0. The Morgan fingerprint density at radius 3 is 2.24 bits per heavy atom. The van der Waals surface area contributed by atoms with E-state index < -0.39 is 18.2 Å². The molecule has 0 radical (unpaired) electrons. The van der Waals surface area contributed by atoms with Gasteiger partial charge in [0.25, 0.3) is 0 Å². The van der Waals surface area contributed by atoms with E-state index in [1.54, 1.807) is 12.1 Å². The number of amides is 1. The monoisotopic (exact) mass is 517 g/mol. The third-order valence-corrected chi connectivity index (χ3v) is 6.87. The fraction of sp³-hybridized carbons (Fsp3) is 0.312. The number of rotatable bonds is 8. The van der Waals surface area contributed by atoms with Crippen LogP contribution in [0.3, 0.4) is 0 Å². The largest absolute Gasteiger partial charge is 0.378 e. The molecule has 1 aliphatic rings. The van der Waals surface area contributed by atoms with Gasteiger partial charge < -0.3 is 9.80 Å². The zero-order valence-electron chi connectivity index (χ0n) is 23.1. The van der Waals surface area contributed by atoms with Gasteiger partial charge in [-0.05, 0) is 78.9 Å². The van der Waals surface area contributed by atoms with Gasteiger partial charge in [-0.2, -0.15) is 0 Å². The Hall–Kier alpha value is -3.80. The predicted octanol–water partition coefficient (Wildman–Crippen LogP) is 7.41. The van der Waals surface area contributed by atoms with Crippen molar-refractivity contribution >= 4 is 29.1 Å². The first-order chi connectivity index (χ1) is 18.6. The summed E-state index contributed by atoms with van der Waals surface area (Å²) in [6, 6.07) is 16.3. The van der Waals surface area contributed by atoms with Crippen LogP contribution in [0.1, 0.15) is 51.5 Å². The van der Waals surface area contributed by atoms with Crippen molar-refractivity contribution in [3.8, 4) is 11.1 Å². The number of anilines is 2. The fourth-order valence-electron chi connectivity index (χ4n) is 4.76. The van der Waals surface area contributed by atoms with Crippen LogP contribution >= 0.6 is 0 Å². The summed E-state index contributed by atoms with van der Waals surface area (Å²) in [6.07, 6.45) is 6.98. The minimum Gasteiger partial charge on any atom is -0.378 e. The van der Waals surface area contributed by atoms with Crippen molar-refractivity contribution in [3.05, 3.63) is 89.5 Å². The second-order valence-corrected chi connectivity index (χ2v) is 10.0. The molecule has 1 fully saturated rings. The van der Waals surface area contributed by atoms with E-state index in [4.69, 9.17) is 1.37 Å². The van der Waals surface area contributed by atoms with Gasteiger partial charge in [-0.3, -0.25) is 9.59 Å². The lowest BCUT2D eigenvalue weighted by Gasteiger charge is -2.30. The summed E-state index contributed by atoms with van der Waals surface area (Å²) in [7, 11) is 3.89. The highest BCUT2D eigenvalue weighted by atomic mass is 19.1. The Morgan fingerprint density at radius 2 is 1.61 bits per heavy atom. The van der Waals surface area contributed by atoms with Gasteiger partial charge in [0.15, 0.2) is 5.78 Å². The lowest BCUT2D eigenvalue weighted by molar-refractivity contribution is -0.123. The summed E-state index contributed by atoms with van der Waals surface area (Å²) in [5.41, 5.74) is 3.07. The van der Waals surface area contributed by atoms with Gasteiger partial charge in [-0.1, -0.05) is 49.6 Å². The number of hydrogen-bond acceptors (Lipinski definition) is 3. The standard InChI is InChI=1S/C32H34F2N2O2/c1-22(37)9-10-23-17-28(33)20-30(18-23)36(32(38)25-7-5-4-6-8-25)21-27-12-11-26(19-31(27)34)24-13-15-29(16-14-24)35(2)3/h9-20,25H,4-8,21H2,1-3H3/b10-9+/i21D.